The number of non-ortho nitro benzene ring substituents is 1. The van der Waals surface area contributed by atoms with E-state index in [2.05, 4.69) is 15.5 Å². The Hall–Kier alpha value is -2.42. The first-order chi connectivity index (χ1) is 10.0. The van der Waals surface area contributed by atoms with Crippen molar-refractivity contribution in [2.24, 2.45) is 7.05 Å². The predicted molar refractivity (Wildman–Crippen MR) is 77.9 cm³/mol. The minimum absolute atomic E-state index is 0.0233. The number of benzene rings is 1. The van der Waals surface area contributed by atoms with Crippen molar-refractivity contribution in [3.05, 3.63) is 34.4 Å². The first-order valence-electron chi connectivity index (χ1n) is 6.00. The van der Waals surface area contributed by atoms with Crippen LogP contribution < -0.4 is 5.32 Å². The second kappa shape index (κ2) is 6.35. The highest BCUT2D eigenvalue weighted by molar-refractivity contribution is 7.99. The number of nitro groups is 1. The molecule has 0 saturated heterocycles. The number of carbonyl (C=O) groups excluding carboxylic acids is 1. The molecule has 0 aliphatic rings. The minimum Gasteiger partial charge on any atom is -0.358 e. The van der Waals surface area contributed by atoms with Crippen LogP contribution in [0.1, 0.15) is 0 Å². The van der Waals surface area contributed by atoms with Crippen LogP contribution in [-0.2, 0) is 11.8 Å². The van der Waals surface area contributed by atoms with Crippen LogP contribution in [0.4, 0.5) is 5.69 Å². The number of rotatable bonds is 5. The van der Waals surface area contributed by atoms with E-state index in [1.54, 1.807) is 30.8 Å². The molecule has 1 N–H and O–H groups in total. The van der Waals surface area contributed by atoms with Crippen molar-refractivity contribution in [2.75, 3.05) is 12.8 Å². The Bertz CT molecular complexity index is 668. The van der Waals surface area contributed by atoms with Gasteiger partial charge in [0.25, 0.3) is 5.69 Å². The van der Waals surface area contributed by atoms with Crippen molar-refractivity contribution in [2.45, 2.75) is 5.16 Å². The zero-order valence-electron chi connectivity index (χ0n) is 11.4. The molecule has 2 rings (SSSR count). The molecule has 1 heterocycles. The fraction of sp³-hybridized carbons (Fsp3) is 0.250. The summed E-state index contributed by atoms with van der Waals surface area (Å²) in [7, 11) is 3.35. The summed E-state index contributed by atoms with van der Waals surface area (Å²) in [6.07, 6.45) is 0. The van der Waals surface area contributed by atoms with Crippen molar-refractivity contribution in [3.8, 4) is 11.4 Å². The predicted octanol–water partition coefficient (Wildman–Crippen LogP) is 1.23. The van der Waals surface area contributed by atoms with Gasteiger partial charge < -0.3 is 9.88 Å². The first-order valence-corrected chi connectivity index (χ1v) is 6.99. The lowest BCUT2D eigenvalue weighted by Crippen LogP contribution is -2.20. The molecule has 1 aromatic carbocycles. The van der Waals surface area contributed by atoms with Gasteiger partial charge in [0.15, 0.2) is 11.0 Å². The van der Waals surface area contributed by atoms with Gasteiger partial charge in [-0.15, -0.1) is 10.2 Å². The van der Waals surface area contributed by atoms with Gasteiger partial charge in [0, 0.05) is 31.8 Å². The minimum atomic E-state index is -0.453. The number of hydrogen-bond donors (Lipinski definition) is 1. The Labute approximate surface area is 124 Å². The summed E-state index contributed by atoms with van der Waals surface area (Å²) in [5.74, 6) is 0.743. The topological polar surface area (TPSA) is 103 Å². The van der Waals surface area contributed by atoms with Crippen LogP contribution in [0.25, 0.3) is 11.4 Å². The molecule has 0 atom stereocenters. The van der Waals surface area contributed by atoms with Gasteiger partial charge in [-0.2, -0.15) is 0 Å². The average Bonchev–Trinajstić information content (AvgIpc) is 2.86. The first kappa shape index (κ1) is 15.0. The molecule has 0 aliphatic heterocycles. The molecular formula is C12H13N5O3S. The van der Waals surface area contributed by atoms with Crippen LogP contribution in [0.5, 0.6) is 0 Å². The van der Waals surface area contributed by atoms with Gasteiger partial charge in [0.2, 0.25) is 5.91 Å². The number of nitrogens with zero attached hydrogens (tertiary/aromatic N) is 4. The van der Waals surface area contributed by atoms with E-state index in [1.807, 2.05) is 0 Å². The van der Waals surface area contributed by atoms with Gasteiger partial charge in [-0.05, 0) is 12.1 Å². The van der Waals surface area contributed by atoms with Crippen molar-refractivity contribution < 1.29 is 9.72 Å². The molecule has 9 heteroatoms. The molecule has 0 unspecified atom stereocenters. The Morgan fingerprint density at radius 3 is 2.62 bits per heavy atom. The highest BCUT2D eigenvalue weighted by Gasteiger charge is 2.13. The monoisotopic (exact) mass is 307 g/mol. The van der Waals surface area contributed by atoms with E-state index in [0.717, 1.165) is 5.56 Å². The normalized spacial score (nSPS) is 10.4. The largest absolute Gasteiger partial charge is 0.358 e. The molecule has 0 fully saturated rings. The lowest BCUT2D eigenvalue weighted by Gasteiger charge is -2.03. The highest BCUT2D eigenvalue weighted by Crippen LogP contribution is 2.24. The van der Waals surface area contributed by atoms with E-state index in [1.165, 1.54) is 23.9 Å². The van der Waals surface area contributed by atoms with E-state index in [9.17, 15) is 14.9 Å². The fourth-order valence-electron chi connectivity index (χ4n) is 1.63. The van der Waals surface area contributed by atoms with Gasteiger partial charge in [0.05, 0.1) is 10.7 Å². The number of nitrogens with one attached hydrogen (secondary N) is 1. The zero-order valence-corrected chi connectivity index (χ0v) is 12.3. The molecule has 110 valence electrons. The van der Waals surface area contributed by atoms with Crippen LogP contribution in [0.15, 0.2) is 29.4 Å². The van der Waals surface area contributed by atoms with Crippen molar-refractivity contribution in [3.63, 3.8) is 0 Å². The molecule has 2 aromatic rings. The van der Waals surface area contributed by atoms with Gasteiger partial charge in [0.1, 0.15) is 0 Å². The van der Waals surface area contributed by atoms with Crippen LogP contribution in [-0.4, -0.2) is 38.4 Å². The third kappa shape index (κ3) is 3.37. The van der Waals surface area contributed by atoms with E-state index < -0.39 is 4.92 Å². The fourth-order valence-corrected chi connectivity index (χ4v) is 2.41. The summed E-state index contributed by atoms with van der Waals surface area (Å²) in [6, 6.07) is 6.08. The number of carbonyl (C=O) groups is 1. The Kier molecular flexibility index (Phi) is 4.53. The van der Waals surface area contributed by atoms with E-state index in [-0.39, 0.29) is 17.3 Å². The van der Waals surface area contributed by atoms with Crippen molar-refractivity contribution in [1.29, 1.82) is 0 Å². The summed E-state index contributed by atoms with van der Waals surface area (Å²) >= 11 is 1.27. The van der Waals surface area contributed by atoms with Crippen molar-refractivity contribution >= 4 is 23.4 Å². The van der Waals surface area contributed by atoms with Gasteiger partial charge >= 0.3 is 0 Å². The maximum Gasteiger partial charge on any atom is 0.269 e. The number of hydrogen-bond acceptors (Lipinski definition) is 6. The van der Waals surface area contributed by atoms with E-state index >= 15 is 0 Å². The molecule has 21 heavy (non-hydrogen) atoms. The lowest BCUT2D eigenvalue weighted by molar-refractivity contribution is -0.384. The SMILES string of the molecule is CNC(=O)CSc1nnc(-c2ccc([N+](=O)[O-])cc2)n1C. The van der Waals surface area contributed by atoms with Crippen LogP contribution in [0.3, 0.4) is 0 Å². The summed E-state index contributed by atoms with van der Waals surface area (Å²) in [6.45, 7) is 0. The molecule has 0 radical (unpaired) electrons. The molecule has 0 spiro atoms. The second-order valence-electron chi connectivity index (χ2n) is 4.13. The average molecular weight is 307 g/mol. The summed E-state index contributed by atoms with van der Waals surface area (Å²) in [5, 5.41) is 21.8. The number of thioether (sulfide) groups is 1. The van der Waals surface area contributed by atoms with Crippen molar-refractivity contribution in [1.82, 2.24) is 20.1 Å². The summed E-state index contributed by atoms with van der Waals surface area (Å²) in [5.41, 5.74) is 0.748. The van der Waals surface area contributed by atoms with Gasteiger partial charge in [-0.1, -0.05) is 11.8 Å². The lowest BCUT2D eigenvalue weighted by atomic mass is 10.2. The third-order valence-electron chi connectivity index (χ3n) is 2.78. The zero-order chi connectivity index (χ0) is 15.4. The molecule has 0 saturated carbocycles. The van der Waals surface area contributed by atoms with Crippen LogP contribution in [0.2, 0.25) is 0 Å². The second-order valence-corrected chi connectivity index (χ2v) is 5.07. The van der Waals surface area contributed by atoms with E-state index in [0.29, 0.717) is 11.0 Å². The molecule has 0 bridgehead atoms. The Morgan fingerprint density at radius 1 is 1.38 bits per heavy atom. The summed E-state index contributed by atoms with van der Waals surface area (Å²) < 4.78 is 1.74. The van der Waals surface area contributed by atoms with Crippen LogP contribution >= 0.6 is 11.8 Å². The molecule has 0 aliphatic carbocycles. The molecule has 1 amide bonds. The molecule has 8 nitrogen and oxygen atoms in total. The standard InChI is InChI=1S/C12H13N5O3S/c1-13-10(18)7-21-12-15-14-11(16(12)2)8-3-5-9(6-4-8)17(19)20/h3-6H,7H2,1-2H3,(H,13,18). The molecular weight excluding hydrogens is 294 g/mol. The highest BCUT2D eigenvalue weighted by atomic mass is 32.2. The summed E-state index contributed by atoms with van der Waals surface area (Å²) in [4.78, 5) is 21.4. The van der Waals surface area contributed by atoms with Crippen LogP contribution in [0, 0.1) is 10.1 Å². The Balaban J connectivity index is 2.19. The smallest absolute Gasteiger partial charge is 0.269 e. The number of amides is 1. The third-order valence-corrected chi connectivity index (χ3v) is 3.80. The maximum absolute atomic E-state index is 11.2. The maximum atomic E-state index is 11.2. The van der Waals surface area contributed by atoms with E-state index in [4.69, 9.17) is 0 Å². The molecule has 1 aromatic heterocycles. The number of nitro benzene ring substituents is 1. The number of aromatic nitrogens is 3. The quantitative estimate of drug-likeness (QED) is 0.506. The Morgan fingerprint density at radius 2 is 2.05 bits per heavy atom. The van der Waals surface area contributed by atoms with Gasteiger partial charge in [-0.25, -0.2) is 0 Å². The van der Waals surface area contributed by atoms with Gasteiger partial charge in [-0.3, -0.25) is 14.9 Å².